The monoisotopic (exact) mass is 304 g/mol. The predicted molar refractivity (Wildman–Crippen MR) is 87.3 cm³/mol. The average Bonchev–Trinajstić information content (AvgIpc) is 2.93. The van der Waals surface area contributed by atoms with Gasteiger partial charge in [-0.2, -0.15) is 0 Å². The molecule has 6 heteroatoms. The van der Waals surface area contributed by atoms with Gasteiger partial charge < -0.3 is 11.1 Å². The Morgan fingerprint density at radius 1 is 1.52 bits per heavy atom. The SMILES string of the molecule is Cc1cc(N)ccc1NC(=O)C(C)N(C)Cc1cscn1. The summed E-state index contributed by atoms with van der Waals surface area (Å²) in [5.41, 5.74) is 10.9. The molecular formula is C15H20N4OS. The molecule has 21 heavy (non-hydrogen) atoms. The van der Waals surface area contributed by atoms with Crippen molar-refractivity contribution in [2.75, 3.05) is 18.1 Å². The first-order chi connectivity index (χ1) is 9.97. The summed E-state index contributed by atoms with van der Waals surface area (Å²) in [6, 6.07) is 5.21. The molecule has 1 atom stereocenters. The second kappa shape index (κ2) is 6.69. The van der Waals surface area contributed by atoms with Crippen LogP contribution in [0.2, 0.25) is 0 Å². The minimum absolute atomic E-state index is 0.0411. The van der Waals surface area contributed by atoms with Crippen LogP contribution in [0.25, 0.3) is 0 Å². The number of nitrogens with two attached hydrogens (primary N) is 1. The number of benzene rings is 1. The van der Waals surface area contributed by atoms with Crippen molar-refractivity contribution in [2.45, 2.75) is 26.4 Å². The number of amides is 1. The summed E-state index contributed by atoms with van der Waals surface area (Å²) in [5, 5.41) is 4.94. The van der Waals surface area contributed by atoms with E-state index in [1.807, 2.05) is 43.3 Å². The number of aromatic nitrogens is 1. The number of hydrogen-bond donors (Lipinski definition) is 2. The Morgan fingerprint density at radius 3 is 2.90 bits per heavy atom. The van der Waals surface area contributed by atoms with E-state index in [9.17, 15) is 4.79 Å². The molecule has 3 N–H and O–H groups in total. The fraction of sp³-hybridized carbons (Fsp3) is 0.333. The summed E-state index contributed by atoms with van der Waals surface area (Å²) in [7, 11) is 1.92. The van der Waals surface area contributed by atoms with Crippen LogP contribution in [0, 0.1) is 6.92 Å². The summed E-state index contributed by atoms with van der Waals surface area (Å²) in [5.74, 6) is -0.0411. The second-order valence-electron chi connectivity index (χ2n) is 5.13. The summed E-state index contributed by atoms with van der Waals surface area (Å²) in [6.45, 7) is 4.46. The zero-order valence-electron chi connectivity index (χ0n) is 12.5. The van der Waals surface area contributed by atoms with Crippen molar-refractivity contribution in [2.24, 2.45) is 0 Å². The maximum Gasteiger partial charge on any atom is 0.241 e. The van der Waals surface area contributed by atoms with Gasteiger partial charge in [0.2, 0.25) is 5.91 Å². The molecule has 0 aliphatic heterocycles. The van der Waals surface area contributed by atoms with Gasteiger partial charge in [0, 0.05) is 23.3 Å². The highest BCUT2D eigenvalue weighted by Crippen LogP contribution is 2.18. The Balaban J connectivity index is 1.98. The van der Waals surface area contributed by atoms with E-state index in [4.69, 9.17) is 5.73 Å². The minimum Gasteiger partial charge on any atom is -0.399 e. The summed E-state index contributed by atoms with van der Waals surface area (Å²) < 4.78 is 0. The van der Waals surface area contributed by atoms with Crippen LogP contribution in [0.4, 0.5) is 11.4 Å². The number of rotatable bonds is 5. The first-order valence-electron chi connectivity index (χ1n) is 6.71. The topological polar surface area (TPSA) is 71.2 Å². The molecule has 112 valence electrons. The van der Waals surface area contributed by atoms with Crippen molar-refractivity contribution in [3.63, 3.8) is 0 Å². The van der Waals surface area contributed by atoms with Crippen LogP contribution in [0.1, 0.15) is 18.2 Å². The molecule has 0 radical (unpaired) electrons. The molecule has 0 bridgehead atoms. The Bertz CT molecular complexity index is 612. The fourth-order valence-electron chi connectivity index (χ4n) is 1.97. The molecule has 1 unspecified atom stereocenters. The number of nitrogens with one attached hydrogen (secondary N) is 1. The molecule has 1 aromatic heterocycles. The molecule has 1 aromatic carbocycles. The van der Waals surface area contributed by atoms with E-state index in [1.165, 1.54) is 0 Å². The number of likely N-dealkylation sites (N-methyl/N-ethyl adjacent to an activating group) is 1. The van der Waals surface area contributed by atoms with Crippen LogP contribution in [0.3, 0.4) is 0 Å². The lowest BCUT2D eigenvalue weighted by molar-refractivity contribution is -0.120. The van der Waals surface area contributed by atoms with Gasteiger partial charge in [0.25, 0.3) is 0 Å². The number of nitrogen functional groups attached to an aromatic ring is 1. The molecule has 0 fully saturated rings. The molecule has 2 aromatic rings. The van der Waals surface area contributed by atoms with Gasteiger partial charge in [0.05, 0.1) is 17.2 Å². The van der Waals surface area contributed by atoms with Gasteiger partial charge >= 0.3 is 0 Å². The van der Waals surface area contributed by atoms with Gasteiger partial charge in [-0.15, -0.1) is 11.3 Å². The van der Waals surface area contributed by atoms with Gasteiger partial charge in [-0.1, -0.05) is 0 Å². The van der Waals surface area contributed by atoms with Crippen molar-refractivity contribution in [3.8, 4) is 0 Å². The Hall–Kier alpha value is -1.92. The lowest BCUT2D eigenvalue weighted by Gasteiger charge is -2.23. The normalized spacial score (nSPS) is 12.4. The highest BCUT2D eigenvalue weighted by Gasteiger charge is 2.19. The molecule has 0 saturated heterocycles. The molecule has 1 amide bonds. The number of aryl methyl sites for hydroxylation is 1. The predicted octanol–water partition coefficient (Wildman–Crippen LogP) is 2.49. The minimum atomic E-state index is -0.247. The molecular weight excluding hydrogens is 284 g/mol. The molecule has 0 saturated carbocycles. The van der Waals surface area contributed by atoms with E-state index < -0.39 is 0 Å². The first kappa shape index (κ1) is 15.5. The van der Waals surface area contributed by atoms with Crippen molar-refractivity contribution in [3.05, 3.63) is 40.3 Å². The Labute approximate surface area is 128 Å². The molecule has 1 heterocycles. The summed E-state index contributed by atoms with van der Waals surface area (Å²) >= 11 is 1.56. The standard InChI is InChI=1S/C15H20N4OS/c1-10-6-12(16)4-5-14(10)18-15(20)11(2)19(3)7-13-8-21-9-17-13/h4-6,8-9,11H,7,16H2,1-3H3,(H,18,20). The maximum atomic E-state index is 12.3. The van der Waals surface area contributed by atoms with Gasteiger partial charge in [0.15, 0.2) is 0 Å². The van der Waals surface area contributed by atoms with Gasteiger partial charge in [-0.3, -0.25) is 9.69 Å². The molecule has 5 nitrogen and oxygen atoms in total. The van der Waals surface area contributed by atoms with Gasteiger partial charge in [0.1, 0.15) is 0 Å². The Kier molecular flexibility index (Phi) is 4.93. The number of carbonyl (C=O) groups is 1. The van der Waals surface area contributed by atoms with E-state index in [2.05, 4.69) is 10.3 Å². The fourth-order valence-corrected chi connectivity index (χ4v) is 2.52. The van der Waals surface area contributed by atoms with Crippen LogP contribution >= 0.6 is 11.3 Å². The van der Waals surface area contributed by atoms with Crippen molar-refractivity contribution >= 4 is 28.6 Å². The number of nitrogens with zero attached hydrogens (tertiary/aromatic N) is 2. The zero-order valence-corrected chi connectivity index (χ0v) is 13.3. The second-order valence-corrected chi connectivity index (χ2v) is 5.85. The summed E-state index contributed by atoms with van der Waals surface area (Å²) in [4.78, 5) is 18.5. The van der Waals surface area contributed by atoms with Gasteiger partial charge in [-0.05, 0) is 44.7 Å². The van der Waals surface area contributed by atoms with Crippen LogP contribution in [0.15, 0.2) is 29.1 Å². The van der Waals surface area contributed by atoms with E-state index in [-0.39, 0.29) is 11.9 Å². The highest BCUT2D eigenvalue weighted by molar-refractivity contribution is 7.07. The maximum absolute atomic E-state index is 12.3. The molecule has 0 aliphatic rings. The number of carbonyl (C=O) groups excluding carboxylic acids is 1. The average molecular weight is 304 g/mol. The van der Waals surface area contributed by atoms with Crippen LogP contribution in [0.5, 0.6) is 0 Å². The zero-order chi connectivity index (χ0) is 15.4. The van der Waals surface area contributed by atoms with Crippen LogP contribution in [-0.2, 0) is 11.3 Å². The van der Waals surface area contributed by atoms with Crippen LogP contribution in [-0.4, -0.2) is 28.9 Å². The van der Waals surface area contributed by atoms with Gasteiger partial charge in [-0.25, -0.2) is 4.98 Å². The molecule has 2 rings (SSSR count). The van der Waals surface area contributed by atoms with E-state index in [1.54, 1.807) is 22.9 Å². The third-order valence-corrected chi connectivity index (χ3v) is 4.08. The number of hydrogen-bond acceptors (Lipinski definition) is 5. The quantitative estimate of drug-likeness (QED) is 0.833. The molecule has 0 spiro atoms. The van der Waals surface area contributed by atoms with E-state index in [0.29, 0.717) is 12.2 Å². The smallest absolute Gasteiger partial charge is 0.241 e. The van der Waals surface area contributed by atoms with Crippen molar-refractivity contribution in [1.82, 2.24) is 9.88 Å². The first-order valence-corrected chi connectivity index (χ1v) is 7.66. The largest absolute Gasteiger partial charge is 0.399 e. The third kappa shape index (κ3) is 4.03. The Morgan fingerprint density at radius 2 is 2.29 bits per heavy atom. The van der Waals surface area contributed by atoms with Crippen LogP contribution < -0.4 is 11.1 Å². The lowest BCUT2D eigenvalue weighted by Crippen LogP contribution is -2.39. The summed E-state index contributed by atoms with van der Waals surface area (Å²) in [6.07, 6.45) is 0. The van der Waals surface area contributed by atoms with E-state index >= 15 is 0 Å². The third-order valence-electron chi connectivity index (χ3n) is 3.44. The van der Waals surface area contributed by atoms with E-state index in [0.717, 1.165) is 16.9 Å². The molecule has 0 aliphatic carbocycles. The van der Waals surface area contributed by atoms with Crippen molar-refractivity contribution < 1.29 is 4.79 Å². The number of thiazole rings is 1. The lowest BCUT2D eigenvalue weighted by atomic mass is 10.1. The highest BCUT2D eigenvalue weighted by atomic mass is 32.1. The number of anilines is 2. The van der Waals surface area contributed by atoms with Crippen molar-refractivity contribution in [1.29, 1.82) is 0 Å².